The third kappa shape index (κ3) is 4.49. The van der Waals surface area contributed by atoms with Gasteiger partial charge >= 0.3 is 0 Å². The second kappa shape index (κ2) is 8.79. The largest absolute Gasteiger partial charge is 0.491 e. The van der Waals surface area contributed by atoms with Crippen molar-refractivity contribution < 1.29 is 9.53 Å². The first-order chi connectivity index (χ1) is 15.2. The Kier molecular flexibility index (Phi) is 5.72. The van der Waals surface area contributed by atoms with E-state index in [4.69, 9.17) is 4.74 Å². The number of amides is 1. The highest BCUT2D eigenvalue weighted by Gasteiger charge is 2.24. The summed E-state index contributed by atoms with van der Waals surface area (Å²) in [7, 11) is 0. The summed E-state index contributed by atoms with van der Waals surface area (Å²) in [6, 6.07) is 10.8. The second-order valence-electron chi connectivity index (χ2n) is 8.47. The van der Waals surface area contributed by atoms with Crippen molar-refractivity contribution in [1.82, 2.24) is 15.3 Å². The number of benzene rings is 1. The van der Waals surface area contributed by atoms with Gasteiger partial charge in [-0.2, -0.15) is 0 Å². The molecule has 3 aromatic rings. The van der Waals surface area contributed by atoms with Crippen LogP contribution in [-0.4, -0.2) is 28.5 Å². The Balaban J connectivity index is 1.36. The molecule has 1 saturated carbocycles. The molecule has 6 heteroatoms. The van der Waals surface area contributed by atoms with Gasteiger partial charge in [-0.1, -0.05) is 43.5 Å². The van der Waals surface area contributed by atoms with Crippen LogP contribution < -0.4 is 10.1 Å². The Morgan fingerprint density at radius 2 is 2.00 bits per heavy atom. The molecule has 1 N–H and O–H groups in total. The number of carbonyl (C=O) groups excluding carboxylic acids is 1. The number of nitrogens with one attached hydrogen (secondary N) is 1. The SMILES string of the molecule is Cc1ncc(-c2ccc(Cc3cc(C(=O)NC4CCCCC4)nc4c3OCC4)cc2)s1. The molecule has 0 saturated heterocycles. The summed E-state index contributed by atoms with van der Waals surface area (Å²) < 4.78 is 5.88. The van der Waals surface area contributed by atoms with Gasteiger partial charge in [-0.05, 0) is 37.0 Å². The second-order valence-corrected chi connectivity index (χ2v) is 9.70. The molecule has 5 nitrogen and oxygen atoms in total. The van der Waals surface area contributed by atoms with Crippen LogP contribution in [0, 0.1) is 6.92 Å². The smallest absolute Gasteiger partial charge is 0.270 e. The summed E-state index contributed by atoms with van der Waals surface area (Å²) in [5.41, 5.74) is 4.83. The Labute approximate surface area is 186 Å². The first kappa shape index (κ1) is 20.2. The Morgan fingerprint density at radius 3 is 2.74 bits per heavy atom. The predicted molar refractivity (Wildman–Crippen MR) is 123 cm³/mol. The van der Waals surface area contributed by atoms with Gasteiger partial charge in [0.05, 0.1) is 22.2 Å². The number of hydrogen-bond donors (Lipinski definition) is 1. The minimum absolute atomic E-state index is 0.0567. The van der Waals surface area contributed by atoms with Crippen molar-refractivity contribution in [2.45, 2.75) is 57.9 Å². The lowest BCUT2D eigenvalue weighted by molar-refractivity contribution is 0.0922. The molecule has 2 aromatic heterocycles. The summed E-state index contributed by atoms with van der Waals surface area (Å²) in [6.07, 6.45) is 9.20. The predicted octanol–water partition coefficient (Wildman–Crippen LogP) is 5.10. The maximum Gasteiger partial charge on any atom is 0.270 e. The van der Waals surface area contributed by atoms with Crippen molar-refractivity contribution in [2.75, 3.05) is 6.61 Å². The number of carbonyl (C=O) groups is 1. The molecule has 160 valence electrons. The van der Waals surface area contributed by atoms with Gasteiger partial charge in [0, 0.05) is 30.6 Å². The number of rotatable bonds is 5. The molecule has 2 aliphatic rings. The van der Waals surface area contributed by atoms with E-state index >= 15 is 0 Å². The van der Waals surface area contributed by atoms with E-state index < -0.39 is 0 Å². The zero-order valence-electron chi connectivity index (χ0n) is 17.8. The number of ether oxygens (including phenoxy) is 1. The topological polar surface area (TPSA) is 64.1 Å². The van der Waals surface area contributed by atoms with Gasteiger partial charge in [0.15, 0.2) is 0 Å². The summed E-state index contributed by atoms with van der Waals surface area (Å²) in [5.74, 6) is 0.801. The number of aromatic nitrogens is 2. The fraction of sp³-hybridized carbons (Fsp3) is 0.400. The maximum absolute atomic E-state index is 12.9. The molecule has 1 fully saturated rings. The normalized spacial score (nSPS) is 16.0. The minimum Gasteiger partial charge on any atom is -0.491 e. The summed E-state index contributed by atoms with van der Waals surface area (Å²) in [4.78, 5) is 23.1. The number of hydrogen-bond acceptors (Lipinski definition) is 5. The standard InChI is InChI=1S/C25H27N3O2S/c1-16-26-15-23(31-16)18-9-7-17(8-10-18)13-19-14-22(28-21-11-12-30-24(19)21)25(29)27-20-5-3-2-4-6-20/h7-10,14-15,20H,2-6,11-13H2,1H3,(H,27,29). The van der Waals surface area contributed by atoms with Crippen LogP contribution in [0.5, 0.6) is 5.75 Å². The third-order valence-electron chi connectivity index (χ3n) is 6.13. The van der Waals surface area contributed by atoms with E-state index in [1.165, 1.54) is 35.3 Å². The number of aryl methyl sites for hydroxylation is 1. The Morgan fingerprint density at radius 1 is 1.19 bits per heavy atom. The highest BCUT2D eigenvalue weighted by Crippen LogP contribution is 2.32. The van der Waals surface area contributed by atoms with Gasteiger partial charge in [0.1, 0.15) is 11.4 Å². The van der Waals surface area contributed by atoms with Crippen LogP contribution in [0.25, 0.3) is 10.4 Å². The van der Waals surface area contributed by atoms with Crippen LogP contribution >= 0.6 is 11.3 Å². The van der Waals surface area contributed by atoms with Gasteiger partial charge in [-0.15, -0.1) is 11.3 Å². The fourth-order valence-corrected chi connectivity index (χ4v) is 5.28. The molecule has 0 unspecified atom stereocenters. The van der Waals surface area contributed by atoms with Gasteiger partial charge in [0.25, 0.3) is 5.91 Å². The quantitative estimate of drug-likeness (QED) is 0.608. The van der Waals surface area contributed by atoms with Gasteiger partial charge in [-0.25, -0.2) is 9.97 Å². The van der Waals surface area contributed by atoms with Gasteiger partial charge in [-0.3, -0.25) is 4.79 Å². The highest BCUT2D eigenvalue weighted by atomic mass is 32.1. The van der Waals surface area contributed by atoms with E-state index in [2.05, 4.69) is 39.6 Å². The molecule has 3 heterocycles. The molecule has 0 atom stereocenters. The van der Waals surface area contributed by atoms with Gasteiger partial charge in [0.2, 0.25) is 0 Å². The average molecular weight is 434 g/mol. The Hall–Kier alpha value is -2.73. The van der Waals surface area contributed by atoms with E-state index in [1.807, 2.05) is 19.2 Å². The van der Waals surface area contributed by atoms with E-state index in [9.17, 15) is 4.79 Å². The van der Waals surface area contributed by atoms with E-state index in [0.717, 1.165) is 47.7 Å². The number of pyridine rings is 1. The van der Waals surface area contributed by atoms with Crippen molar-refractivity contribution in [3.8, 4) is 16.2 Å². The van der Waals surface area contributed by atoms with Crippen molar-refractivity contribution in [3.05, 3.63) is 64.1 Å². The monoisotopic (exact) mass is 433 g/mol. The van der Waals surface area contributed by atoms with Crippen LogP contribution in [0.2, 0.25) is 0 Å². The van der Waals surface area contributed by atoms with E-state index in [1.54, 1.807) is 11.3 Å². The van der Waals surface area contributed by atoms with Gasteiger partial charge < -0.3 is 10.1 Å². The molecule has 1 aromatic carbocycles. The fourth-order valence-electron chi connectivity index (χ4n) is 4.50. The van der Waals surface area contributed by atoms with Crippen LogP contribution in [0.1, 0.15) is 64.4 Å². The Bertz CT molecular complexity index is 1080. The van der Waals surface area contributed by atoms with E-state index in [0.29, 0.717) is 12.3 Å². The molecule has 1 aliphatic heterocycles. The molecule has 5 rings (SSSR count). The lowest BCUT2D eigenvalue weighted by Crippen LogP contribution is -2.36. The van der Waals surface area contributed by atoms with Crippen LogP contribution in [0.3, 0.4) is 0 Å². The maximum atomic E-state index is 12.9. The van der Waals surface area contributed by atoms with Crippen LogP contribution in [0.15, 0.2) is 36.5 Å². The summed E-state index contributed by atoms with van der Waals surface area (Å²) in [5, 5.41) is 4.27. The van der Waals surface area contributed by atoms with Crippen molar-refractivity contribution >= 4 is 17.2 Å². The molecule has 0 spiro atoms. The minimum atomic E-state index is -0.0567. The lowest BCUT2D eigenvalue weighted by atomic mass is 9.95. The van der Waals surface area contributed by atoms with Crippen LogP contribution in [-0.2, 0) is 12.8 Å². The molecule has 1 amide bonds. The molecule has 1 aliphatic carbocycles. The van der Waals surface area contributed by atoms with Crippen molar-refractivity contribution in [3.63, 3.8) is 0 Å². The first-order valence-electron chi connectivity index (χ1n) is 11.1. The molecule has 0 radical (unpaired) electrons. The van der Waals surface area contributed by atoms with Crippen molar-refractivity contribution in [1.29, 1.82) is 0 Å². The lowest BCUT2D eigenvalue weighted by Gasteiger charge is -2.22. The van der Waals surface area contributed by atoms with E-state index in [-0.39, 0.29) is 11.9 Å². The molecule has 0 bridgehead atoms. The third-order valence-corrected chi connectivity index (χ3v) is 7.09. The molecular formula is C25H27N3O2S. The molecule has 31 heavy (non-hydrogen) atoms. The number of fused-ring (bicyclic) bond motifs is 1. The zero-order valence-corrected chi connectivity index (χ0v) is 18.6. The summed E-state index contributed by atoms with van der Waals surface area (Å²) in [6.45, 7) is 2.65. The zero-order chi connectivity index (χ0) is 21.2. The van der Waals surface area contributed by atoms with Crippen molar-refractivity contribution in [2.24, 2.45) is 0 Å². The first-order valence-corrected chi connectivity index (χ1v) is 12.0. The van der Waals surface area contributed by atoms with Crippen LogP contribution in [0.4, 0.5) is 0 Å². The average Bonchev–Trinajstić information content (AvgIpc) is 3.44. The highest BCUT2D eigenvalue weighted by molar-refractivity contribution is 7.15. The number of thiazole rings is 1. The number of nitrogens with zero attached hydrogens (tertiary/aromatic N) is 2. The summed E-state index contributed by atoms with van der Waals surface area (Å²) >= 11 is 1.70. The molecular weight excluding hydrogens is 406 g/mol.